The average molecular weight is 306 g/mol. The van der Waals surface area contributed by atoms with Gasteiger partial charge in [0.1, 0.15) is 12.2 Å². The molecule has 2 rings (SSSR count). The first kappa shape index (κ1) is 16.5. The van der Waals surface area contributed by atoms with Crippen molar-refractivity contribution >= 4 is 11.9 Å². The van der Waals surface area contributed by atoms with Crippen molar-refractivity contribution in [2.45, 2.75) is 51.4 Å². The SMILES string of the molecule is C=C1CC[C@@H]2C(=C)C(=O)O[C@@H]2/C=C(\C)[C@@H](OC(C)=O)C[C@H]1O. The summed E-state index contributed by atoms with van der Waals surface area (Å²) in [5.74, 6) is -0.951. The van der Waals surface area contributed by atoms with Crippen LogP contribution >= 0.6 is 0 Å². The monoisotopic (exact) mass is 306 g/mol. The van der Waals surface area contributed by atoms with Crippen LogP contribution < -0.4 is 0 Å². The Labute approximate surface area is 130 Å². The summed E-state index contributed by atoms with van der Waals surface area (Å²) in [6.45, 7) is 10.8. The number of aliphatic hydroxyl groups excluding tert-OH is 1. The molecule has 0 saturated carbocycles. The maximum absolute atomic E-state index is 11.7. The third-order valence-corrected chi connectivity index (χ3v) is 4.28. The Balaban J connectivity index is 2.33. The molecule has 2 aliphatic rings. The quantitative estimate of drug-likeness (QED) is 0.456. The molecule has 1 saturated heterocycles. The van der Waals surface area contributed by atoms with E-state index in [1.165, 1.54) is 6.92 Å². The first-order chi connectivity index (χ1) is 10.3. The number of aliphatic hydroxyl groups is 1. The van der Waals surface area contributed by atoms with Gasteiger partial charge >= 0.3 is 11.9 Å². The summed E-state index contributed by atoms with van der Waals surface area (Å²) in [7, 11) is 0. The molecule has 0 unspecified atom stereocenters. The van der Waals surface area contributed by atoms with Crippen LogP contribution in [-0.4, -0.2) is 35.4 Å². The lowest BCUT2D eigenvalue weighted by molar-refractivity contribution is -0.146. The zero-order valence-electron chi connectivity index (χ0n) is 13.0. The lowest BCUT2D eigenvalue weighted by atomic mass is 9.85. The molecule has 0 bridgehead atoms. The van der Waals surface area contributed by atoms with Crippen LogP contribution in [0.25, 0.3) is 0 Å². The number of rotatable bonds is 1. The minimum absolute atomic E-state index is 0.137. The van der Waals surface area contributed by atoms with E-state index in [2.05, 4.69) is 13.2 Å². The maximum Gasteiger partial charge on any atom is 0.334 e. The van der Waals surface area contributed by atoms with Gasteiger partial charge in [-0.2, -0.15) is 0 Å². The number of ether oxygens (including phenoxy) is 2. The molecule has 0 aromatic heterocycles. The second-order valence-corrected chi connectivity index (χ2v) is 5.96. The van der Waals surface area contributed by atoms with Crippen molar-refractivity contribution < 1.29 is 24.2 Å². The largest absolute Gasteiger partial charge is 0.458 e. The standard InChI is InChI=1S/C17H22O5/c1-9-5-6-13-11(3)17(20)22-16(13)7-10(2)15(8-14(9)19)21-12(4)18/h7,13-16,19H,1,3,5-6,8H2,2,4H3/b10-7+/t13-,14-,15+,16-/m1/s1. The highest BCUT2D eigenvalue weighted by Gasteiger charge is 2.38. The zero-order chi connectivity index (χ0) is 16.4. The van der Waals surface area contributed by atoms with Crippen molar-refractivity contribution in [2.75, 3.05) is 0 Å². The highest BCUT2D eigenvalue weighted by Crippen LogP contribution is 2.35. The summed E-state index contributed by atoms with van der Waals surface area (Å²) in [5.41, 5.74) is 1.86. The van der Waals surface area contributed by atoms with E-state index < -0.39 is 30.3 Å². The van der Waals surface area contributed by atoms with Gasteiger partial charge in [0.05, 0.1) is 6.10 Å². The summed E-state index contributed by atoms with van der Waals surface area (Å²) >= 11 is 0. The molecule has 1 N–H and O–H groups in total. The molecule has 4 atom stereocenters. The van der Waals surface area contributed by atoms with Crippen molar-refractivity contribution in [1.29, 1.82) is 0 Å². The lowest BCUT2D eigenvalue weighted by Gasteiger charge is -2.26. The number of esters is 2. The topological polar surface area (TPSA) is 72.8 Å². The van der Waals surface area contributed by atoms with E-state index in [-0.39, 0.29) is 12.3 Å². The molecule has 1 aliphatic carbocycles. The molecule has 120 valence electrons. The number of hydrogen-bond acceptors (Lipinski definition) is 5. The fourth-order valence-electron chi connectivity index (χ4n) is 2.89. The van der Waals surface area contributed by atoms with E-state index in [4.69, 9.17) is 9.47 Å². The second-order valence-electron chi connectivity index (χ2n) is 5.96. The summed E-state index contributed by atoms with van der Waals surface area (Å²) in [4.78, 5) is 23.0. The van der Waals surface area contributed by atoms with Crippen molar-refractivity contribution in [1.82, 2.24) is 0 Å². The fraction of sp³-hybridized carbons (Fsp3) is 0.529. The highest BCUT2D eigenvalue weighted by atomic mass is 16.6. The van der Waals surface area contributed by atoms with E-state index in [0.717, 1.165) is 5.57 Å². The molecule has 0 aromatic rings. The van der Waals surface area contributed by atoms with Crippen LogP contribution in [0.4, 0.5) is 0 Å². The normalized spacial score (nSPS) is 35.2. The molecule has 0 amide bonds. The summed E-state index contributed by atoms with van der Waals surface area (Å²) in [6, 6.07) is 0. The van der Waals surface area contributed by atoms with Gasteiger partial charge in [-0.15, -0.1) is 0 Å². The van der Waals surface area contributed by atoms with E-state index >= 15 is 0 Å². The van der Waals surface area contributed by atoms with Crippen LogP contribution in [0.15, 0.2) is 36.0 Å². The van der Waals surface area contributed by atoms with Gasteiger partial charge in [0, 0.05) is 24.8 Å². The molecule has 0 aromatic carbocycles. The Morgan fingerprint density at radius 1 is 1.45 bits per heavy atom. The Hall–Kier alpha value is -1.88. The van der Waals surface area contributed by atoms with Gasteiger partial charge < -0.3 is 14.6 Å². The predicted molar refractivity (Wildman–Crippen MR) is 80.8 cm³/mol. The number of carbonyl (C=O) groups is 2. The van der Waals surface area contributed by atoms with Gasteiger partial charge in [0.15, 0.2) is 0 Å². The van der Waals surface area contributed by atoms with Crippen LogP contribution in [-0.2, 0) is 19.1 Å². The van der Waals surface area contributed by atoms with Gasteiger partial charge in [-0.1, -0.05) is 13.2 Å². The predicted octanol–water partition coefficient (Wildman–Crippen LogP) is 2.06. The molecule has 22 heavy (non-hydrogen) atoms. The first-order valence-electron chi connectivity index (χ1n) is 7.40. The fourth-order valence-corrected chi connectivity index (χ4v) is 2.89. The molecule has 5 nitrogen and oxygen atoms in total. The van der Waals surface area contributed by atoms with Crippen molar-refractivity contribution in [3.63, 3.8) is 0 Å². The maximum atomic E-state index is 11.7. The molecule has 5 heteroatoms. The van der Waals surface area contributed by atoms with E-state index in [9.17, 15) is 14.7 Å². The minimum Gasteiger partial charge on any atom is -0.458 e. The smallest absolute Gasteiger partial charge is 0.334 e. The van der Waals surface area contributed by atoms with Crippen LogP contribution in [0.3, 0.4) is 0 Å². The average Bonchev–Trinajstić information content (AvgIpc) is 2.69. The molecule has 1 fully saturated rings. The summed E-state index contributed by atoms with van der Waals surface area (Å²) < 4.78 is 10.6. The molecular formula is C17H22O5. The first-order valence-corrected chi connectivity index (χ1v) is 7.40. The van der Waals surface area contributed by atoms with Crippen LogP contribution in [0, 0.1) is 5.92 Å². The third-order valence-electron chi connectivity index (χ3n) is 4.28. The molecule has 0 spiro atoms. The third kappa shape index (κ3) is 3.47. The van der Waals surface area contributed by atoms with Gasteiger partial charge in [0.2, 0.25) is 0 Å². The number of fused-ring (bicyclic) bond motifs is 1. The van der Waals surface area contributed by atoms with Gasteiger partial charge in [-0.3, -0.25) is 4.79 Å². The second kappa shape index (κ2) is 6.48. The Morgan fingerprint density at radius 3 is 2.77 bits per heavy atom. The van der Waals surface area contributed by atoms with Crippen LogP contribution in [0.5, 0.6) is 0 Å². The van der Waals surface area contributed by atoms with Crippen molar-refractivity contribution in [2.24, 2.45) is 5.92 Å². The summed E-state index contributed by atoms with van der Waals surface area (Å²) in [6.07, 6.45) is 1.56. The molecule has 1 aliphatic heterocycles. The summed E-state index contributed by atoms with van der Waals surface area (Å²) in [5, 5.41) is 10.2. The van der Waals surface area contributed by atoms with Crippen LogP contribution in [0.2, 0.25) is 0 Å². The highest BCUT2D eigenvalue weighted by molar-refractivity contribution is 5.91. The zero-order valence-corrected chi connectivity index (χ0v) is 13.0. The molecular weight excluding hydrogens is 284 g/mol. The van der Waals surface area contributed by atoms with Gasteiger partial charge in [0.25, 0.3) is 0 Å². The van der Waals surface area contributed by atoms with Gasteiger partial charge in [-0.05, 0) is 37.0 Å². The van der Waals surface area contributed by atoms with Crippen LogP contribution in [0.1, 0.15) is 33.1 Å². The Morgan fingerprint density at radius 2 is 2.14 bits per heavy atom. The van der Waals surface area contributed by atoms with Crippen molar-refractivity contribution in [3.8, 4) is 0 Å². The lowest BCUT2D eigenvalue weighted by Crippen LogP contribution is -2.28. The number of carbonyl (C=O) groups excluding carboxylic acids is 2. The molecule has 0 radical (unpaired) electrons. The number of hydrogen-bond donors (Lipinski definition) is 1. The minimum atomic E-state index is -0.754. The van der Waals surface area contributed by atoms with Gasteiger partial charge in [-0.25, -0.2) is 4.79 Å². The van der Waals surface area contributed by atoms with E-state index in [0.29, 0.717) is 24.0 Å². The van der Waals surface area contributed by atoms with E-state index in [1.807, 2.05) is 0 Å². The van der Waals surface area contributed by atoms with E-state index in [1.54, 1.807) is 13.0 Å². The molecule has 1 heterocycles. The Bertz CT molecular complexity index is 545. The Kier molecular flexibility index (Phi) is 4.86. The van der Waals surface area contributed by atoms with Crippen molar-refractivity contribution in [3.05, 3.63) is 36.0 Å².